The van der Waals surface area contributed by atoms with E-state index in [1.807, 2.05) is 60.7 Å². The Labute approximate surface area is 149 Å². The minimum absolute atomic E-state index is 0.180. The summed E-state index contributed by atoms with van der Waals surface area (Å²) < 4.78 is 17.2. The van der Waals surface area contributed by atoms with E-state index in [9.17, 15) is 4.79 Å². The zero-order valence-electron chi connectivity index (χ0n) is 13.8. The third-order valence-electron chi connectivity index (χ3n) is 4.45. The zero-order chi connectivity index (χ0) is 17.5. The number of benzene rings is 3. The first-order valence-corrected chi connectivity index (χ1v) is 8.38. The van der Waals surface area contributed by atoms with Crippen molar-refractivity contribution in [3.05, 3.63) is 66.7 Å². The number of hydrogen-bond donors (Lipinski definition) is 1. The molecule has 1 aliphatic rings. The van der Waals surface area contributed by atoms with E-state index >= 15 is 0 Å². The van der Waals surface area contributed by atoms with E-state index < -0.39 is 6.10 Å². The van der Waals surface area contributed by atoms with E-state index in [-0.39, 0.29) is 12.5 Å². The molecule has 1 amide bonds. The Morgan fingerprint density at radius 3 is 2.58 bits per heavy atom. The number of carbonyl (C=O) groups is 1. The highest BCUT2D eigenvalue weighted by atomic mass is 16.6. The summed E-state index contributed by atoms with van der Waals surface area (Å²) in [5.74, 6) is 0.990. The molecule has 1 atom stereocenters. The van der Waals surface area contributed by atoms with Gasteiger partial charge in [0.05, 0.1) is 0 Å². The van der Waals surface area contributed by atoms with Crippen molar-refractivity contribution in [2.75, 3.05) is 11.9 Å². The van der Waals surface area contributed by atoms with Gasteiger partial charge in [-0.15, -0.1) is 0 Å². The molecule has 3 aromatic carbocycles. The second kappa shape index (κ2) is 5.81. The van der Waals surface area contributed by atoms with E-state index in [1.165, 1.54) is 0 Å². The van der Waals surface area contributed by atoms with Gasteiger partial charge in [-0.2, -0.15) is 0 Å². The SMILES string of the molecule is O=C(Nc1ccc2oc3ccccc3c2c1)[C@H]1COc2ccccc2O1. The number of amides is 1. The van der Waals surface area contributed by atoms with Gasteiger partial charge in [0.25, 0.3) is 5.91 Å². The highest BCUT2D eigenvalue weighted by Crippen LogP contribution is 2.32. The predicted octanol–water partition coefficient (Wildman–Crippen LogP) is 4.36. The Morgan fingerprint density at radius 2 is 1.65 bits per heavy atom. The standard InChI is InChI=1S/C21H15NO4/c23-21(20-12-24-18-7-3-4-8-19(18)26-20)22-13-9-10-17-15(11-13)14-5-1-2-6-16(14)25-17/h1-11,20H,12H2,(H,22,23)/t20-/m1/s1. The van der Waals surface area contributed by atoms with E-state index in [0.29, 0.717) is 17.2 Å². The summed E-state index contributed by atoms with van der Waals surface area (Å²) in [5, 5.41) is 4.88. The van der Waals surface area contributed by atoms with Crippen molar-refractivity contribution >= 4 is 33.5 Å². The summed E-state index contributed by atoms with van der Waals surface area (Å²) in [5.41, 5.74) is 2.30. The van der Waals surface area contributed by atoms with Crippen molar-refractivity contribution in [2.45, 2.75) is 6.10 Å². The van der Waals surface area contributed by atoms with Crippen LogP contribution in [0.15, 0.2) is 71.1 Å². The van der Waals surface area contributed by atoms with Gasteiger partial charge in [0.15, 0.2) is 11.5 Å². The lowest BCUT2D eigenvalue weighted by atomic mass is 10.1. The van der Waals surface area contributed by atoms with Crippen molar-refractivity contribution in [3.8, 4) is 11.5 Å². The summed E-state index contributed by atoms with van der Waals surface area (Å²) in [6.45, 7) is 0.180. The summed E-state index contributed by atoms with van der Waals surface area (Å²) in [4.78, 5) is 12.6. The number of hydrogen-bond acceptors (Lipinski definition) is 4. The first-order valence-electron chi connectivity index (χ1n) is 8.38. The largest absolute Gasteiger partial charge is 0.485 e. The number of para-hydroxylation sites is 3. The molecule has 0 saturated heterocycles. The molecule has 5 nitrogen and oxygen atoms in total. The monoisotopic (exact) mass is 345 g/mol. The van der Waals surface area contributed by atoms with Crippen LogP contribution < -0.4 is 14.8 Å². The third-order valence-corrected chi connectivity index (χ3v) is 4.45. The highest BCUT2D eigenvalue weighted by Gasteiger charge is 2.27. The lowest BCUT2D eigenvalue weighted by molar-refractivity contribution is -0.125. The Balaban J connectivity index is 1.41. The van der Waals surface area contributed by atoms with Gasteiger partial charge < -0.3 is 19.2 Å². The smallest absolute Gasteiger partial charge is 0.269 e. The topological polar surface area (TPSA) is 60.7 Å². The molecule has 26 heavy (non-hydrogen) atoms. The highest BCUT2D eigenvalue weighted by molar-refractivity contribution is 6.07. The van der Waals surface area contributed by atoms with Crippen LogP contribution in [0.1, 0.15) is 0 Å². The number of furan rings is 1. The lowest BCUT2D eigenvalue weighted by Gasteiger charge is -2.25. The number of anilines is 1. The Morgan fingerprint density at radius 1 is 0.885 bits per heavy atom. The van der Waals surface area contributed by atoms with Gasteiger partial charge in [-0.3, -0.25) is 4.79 Å². The molecule has 0 radical (unpaired) electrons. The molecule has 128 valence electrons. The van der Waals surface area contributed by atoms with Gasteiger partial charge in [0.2, 0.25) is 6.10 Å². The number of ether oxygens (including phenoxy) is 2. The molecule has 0 bridgehead atoms. The maximum Gasteiger partial charge on any atom is 0.269 e. The molecule has 0 aliphatic carbocycles. The number of carbonyl (C=O) groups excluding carboxylic acids is 1. The second-order valence-electron chi connectivity index (χ2n) is 6.16. The van der Waals surface area contributed by atoms with E-state index in [0.717, 1.165) is 21.9 Å². The molecule has 1 aromatic heterocycles. The van der Waals surface area contributed by atoms with E-state index in [4.69, 9.17) is 13.9 Å². The number of fused-ring (bicyclic) bond motifs is 4. The Bertz CT molecular complexity index is 1130. The first kappa shape index (κ1) is 14.8. The third kappa shape index (κ3) is 2.45. The summed E-state index contributed by atoms with van der Waals surface area (Å²) >= 11 is 0. The van der Waals surface area contributed by atoms with Crippen LogP contribution in [0.2, 0.25) is 0 Å². The average molecular weight is 345 g/mol. The summed E-state index contributed by atoms with van der Waals surface area (Å²) in [7, 11) is 0. The second-order valence-corrected chi connectivity index (χ2v) is 6.16. The normalized spacial score (nSPS) is 15.9. The van der Waals surface area contributed by atoms with Crippen LogP contribution in [-0.4, -0.2) is 18.6 Å². The maximum atomic E-state index is 12.6. The zero-order valence-corrected chi connectivity index (χ0v) is 13.8. The van der Waals surface area contributed by atoms with Gasteiger partial charge in [-0.25, -0.2) is 0 Å². The summed E-state index contributed by atoms with van der Waals surface area (Å²) in [6.07, 6.45) is -0.693. The number of nitrogens with one attached hydrogen (secondary N) is 1. The van der Waals surface area contributed by atoms with Gasteiger partial charge in [0, 0.05) is 16.5 Å². The molecule has 4 aromatic rings. The number of rotatable bonds is 2. The van der Waals surface area contributed by atoms with Crippen LogP contribution in [0.25, 0.3) is 21.9 Å². The first-order chi connectivity index (χ1) is 12.8. The van der Waals surface area contributed by atoms with Crippen molar-refractivity contribution in [2.24, 2.45) is 0 Å². The predicted molar refractivity (Wildman–Crippen MR) is 98.7 cm³/mol. The van der Waals surface area contributed by atoms with Crippen LogP contribution in [0, 0.1) is 0 Å². The molecule has 0 spiro atoms. The molecule has 2 heterocycles. The minimum Gasteiger partial charge on any atom is -0.485 e. The summed E-state index contributed by atoms with van der Waals surface area (Å²) in [6, 6.07) is 20.8. The fourth-order valence-corrected chi connectivity index (χ4v) is 3.18. The van der Waals surface area contributed by atoms with Gasteiger partial charge in [-0.1, -0.05) is 30.3 Å². The Hall–Kier alpha value is -3.47. The fourth-order valence-electron chi connectivity index (χ4n) is 3.18. The average Bonchev–Trinajstić information content (AvgIpc) is 3.05. The lowest BCUT2D eigenvalue weighted by Crippen LogP contribution is -2.40. The van der Waals surface area contributed by atoms with Gasteiger partial charge in [0.1, 0.15) is 17.8 Å². The van der Waals surface area contributed by atoms with Crippen LogP contribution in [-0.2, 0) is 4.79 Å². The van der Waals surface area contributed by atoms with Gasteiger partial charge >= 0.3 is 0 Å². The molecule has 5 rings (SSSR count). The molecule has 0 unspecified atom stereocenters. The maximum absolute atomic E-state index is 12.6. The minimum atomic E-state index is -0.693. The van der Waals surface area contributed by atoms with Crippen LogP contribution in [0.3, 0.4) is 0 Å². The van der Waals surface area contributed by atoms with Crippen LogP contribution in [0.5, 0.6) is 11.5 Å². The van der Waals surface area contributed by atoms with Crippen molar-refractivity contribution in [1.29, 1.82) is 0 Å². The molecule has 1 aliphatic heterocycles. The van der Waals surface area contributed by atoms with Crippen LogP contribution >= 0.6 is 0 Å². The molecular weight excluding hydrogens is 330 g/mol. The molecule has 5 heteroatoms. The van der Waals surface area contributed by atoms with Crippen molar-refractivity contribution < 1.29 is 18.7 Å². The van der Waals surface area contributed by atoms with Crippen LogP contribution in [0.4, 0.5) is 5.69 Å². The van der Waals surface area contributed by atoms with Crippen molar-refractivity contribution in [1.82, 2.24) is 0 Å². The molecule has 0 fully saturated rings. The van der Waals surface area contributed by atoms with E-state index in [1.54, 1.807) is 6.07 Å². The van der Waals surface area contributed by atoms with Crippen molar-refractivity contribution in [3.63, 3.8) is 0 Å². The molecule has 0 saturated carbocycles. The fraction of sp³-hybridized carbons (Fsp3) is 0.0952. The Kier molecular flexibility index (Phi) is 3.31. The van der Waals surface area contributed by atoms with E-state index in [2.05, 4.69) is 5.32 Å². The van der Waals surface area contributed by atoms with Gasteiger partial charge in [-0.05, 0) is 36.4 Å². The quantitative estimate of drug-likeness (QED) is 0.586. The molecule has 1 N–H and O–H groups in total. The molecular formula is C21H15NO4.